The van der Waals surface area contributed by atoms with Crippen molar-refractivity contribution >= 4 is 40.7 Å². The van der Waals surface area contributed by atoms with E-state index in [4.69, 9.17) is 16.3 Å². The number of halogens is 2. The molecule has 0 radical (unpaired) electrons. The van der Waals surface area contributed by atoms with Crippen LogP contribution in [0.1, 0.15) is 57.1 Å². The molecule has 2 amide bonds. The summed E-state index contributed by atoms with van der Waals surface area (Å²) in [5.41, 5.74) is 1.03. The van der Waals surface area contributed by atoms with E-state index in [9.17, 15) is 18.8 Å². The molecule has 1 aliphatic heterocycles. The first-order valence-electron chi connectivity index (χ1n) is 12.1. The molecule has 1 aliphatic rings. The second kappa shape index (κ2) is 12.3. The first kappa shape index (κ1) is 26.8. The van der Waals surface area contributed by atoms with Gasteiger partial charge >= 0.3 is 5.97 Å². The van der Waals surface area contributed by atoms with E-state index in [2.05, 4.69) is 10.3 Å². The molecule has 2 aromatic carbocycles. The molecule has 3 aromatic rings. The van der Waals surface area contributed by atoms with E-state index in [1.54, 1.807) is 17.2 Å². The lowest BCUT2D eigenvalue weighted by Gasteiger charge is -2.31. The number of benzene rings is 2. The summed E-state index contributed by atoms with van der Waals surface area (Å²) in [4.78, 5) is 44.3. The number of piperidine rings is 1. The molecule has 7 nitrogen and oxygen atoms in total. The number of esters is 1. The summed E-state index contributed by atoms with van der Waals surface area (Å²) in [5, 5.41) is 5.32. The van der Waals surface area contributed by atoms with E-state index in [-0.39, 0.29) is 28.8 Å². The number of carbonyl (C=O) groups excluding carboxylic acids is 3. The normalized spacial score (nSPS) is 14.7. The predicted molar refractivity (Wildman–Crippen MR) is 139 cm³/mol. The smallest absolute Gasteiger partial charge is 0.328 e. The van der Waals surface area contributed by atoms with E-state index < -0.39 is 29.6 Å². The SMILES string of the molecule is CCOC(=O)C(Cc1ccccc1)NC(=O)c1csc(C2CCN(C(=O)c3c(F)cccc3Cl)CC2)n1. The topological polar surface area (TPSA) is 88.6 Å². The Kier molecular flexibility index (Phi) is 8.89. The monoisotopic (exact) mass is 543 g/mol. The summed E-state index contributed by atoms with van der Waals surface area (Å²) in [5.74, 6) is -1.94. The van der Waals surface area contributed by atoms with Gasteiger partial charge < -0.3 is 15.0 Å². The molecular weight excluding hydrogens is 517 g/mol. The molecular formula is C27H27ClFN3O4S. The van der Waals surface area contributed by atoms with Crippen LogP contribution in [-0.2, 0) is 16.0 Å². The van der Waals surface area contributed by atoms with Gasteiger partial charge in [-0.15, -0.1) is 11.3 Å². The van der Waals surface area contributed by atoms with Gasteiger partial charge in [-0.25, -0.2) is 14.2 Å². The van der Waals surface area contributed by atoms with Crippen molar-refractivity contribution in [3.63, 3.8) is 0 Å². The second-order valence-corrected chi connectivity index (χ2v) is 10.00. The zero-order chi connectivity index (χ0) is 26.4. The van der Waals surface area contributed by atoms with Gasteiger partial charge in [-0.1, -0.05) is 48.0 Å². The number of ether oxygens (including phenoxy) is 1. The van der Waals surface area contributed by atoms with Crippen molar-refractivity contribution in [2.24, 2.45) is 0 Å². The third-order valence-corrected chi connectivity index (χ3v) is 7.54. The molecule has 1 aromatic heterocycles. The summed E-state index contributed by atoms with van der Waals surface area (Å²) < 4.78 is 19.3. The van der Waals surface area contributed by atoms with Gasteiger partial charge in [-0.2, -0.15) is 0 Å². The Morgan fingerprint density at radius 1 is 1.16 bits per heavy atom. The maximum atomic E-state index is 14.2. The predicted octanol–water partition coefficient (Wildman–Crippen LogP) is 4.86. The molecule has 4 rings (SSSR count). The molecule has 0 aliphatic carbocycles. The number of nitrogens with zero attached hydrogens (tertiary/aromatic N) is 2. The Morgan fingerprint density at radius 2 is 1.89 bits per heavy atom. The number of likely N-dealkylation sites (tertiary alicyclic amines) is 1. The summed E-state index contributed by atoms with van der Waals surface area (Å²) in [6.07, 6.45) is 1.57. The fraction of sp³-hybridized carbons (Fsp3) is 0.333. The number of amides is 2. The van der Waals surface area contributed by atoms with Crippen LogP contribution in [0.4, 0.5) is 4.39 Å². The molecule has 1 atom stereocenters. The first-order valence-corrected chi connectivity index (χ1v) is 13.3. The Balaban J connectivity index is 1.37. The van der Waals surface area contributed by atoms with Crippen LogP contribution in [0, 0.1) is 5.82 Å². The molecule has 0 bridgehead atoms. The summed E-state index contributed by atoms with van der Waals surface area (Å²) in [6.45, 7) is 2.79. The van der Waals surface area contributed by atoms with Gasteiger partial charge in [-0.05, 0) is 37.5 Å². The number of hydrogen-bond acceptors (Lipinski definition) is 6. The third-order valence-electron chi connectivity index (χ3n) is 6.22. The summed E-state index contributed by atoms with van der Waals surface area (Å²) in [6, 6.07) is 12.7. The van der Waals surface area contributed by atoms with Crippen LogP contribution in [-0.4, -0.2) is 53.4 Å². The molecule has 0 spiro atoms. The molecule has 1 saturated heterocycles. The van der Waals surface area contributed by atoms with E-state index >= 15 is 0 Å². The lowest BCUT2D eigenvalue weighted by molar-refractivity contribution is -0.145. The molecule has 0 saturated carbocycles. The highest BCUT2D eigenvalue weighted by Gasteiger charge is 2.30. The fourth-order valence-corrected chi connectivity index (χ4v) is 5.50. The fourth-order valence-electron chi connectivity index (χ4n) is 4.29. The van der Waals surface area contributed by atoms with Crippen molar-refractivity contribution in [1.29, 1.82) is 0 Å². The van der Waals surface area contributed by atoms with E-state index in [0.717, 1.165) is 10.6 Å². The van der Waals surface area contributed by atoms with Crippen LogP contribution in [0.25, 0.3) is 0 Å². The average molecular weight is 544 g/mol. The summed E-state index contributed by atoms with van der Waals surface area (Å²) in [7, 11) is 0. The van der Waals surface area contributed by atoms with Gasteiger partial charge in [0.15, 0.2) is 0 Å². The lowest BCUT2D eigenvalue weighted by atomic mass is 9.97. The maximum Gasteiger partial charge on any atom is 0.328 e. The number of rotatable bonds is 8. The van der Waals surface area contributed by atoms with Gasteiger partial charge in [-0.3, -0.25) is 9.59 Å². The van der Waals surface area contributed by atoms with E-state index in [0.29, 0.717) is 32.4 Å². The van der Waals surface area contributed by atoms with Crippen LogP contribution in [0.3, 0.4) is 0 Å². The van der Waals surface area contributed by atoms with Crippen LogP contribution in [0.2, 0.25) is 5.02 Å². The molecule has 37 heavy (non-hydrogen) atoms. The highest BCUT2D eigenvalue weighted by atomic mass is 35.5. The Labute approximate surface area is 223 Å². The molecule has 194 valence electrons. The maximum absolute atomic E-state index is 14.2. The van der Waals surface area contributed by atoms with Crippen LogP contribution < -0.4 is 5.32 Å². The molecule has 10 heteroatoms. The van der Waals surface area contributed by atoms with Crippen molar-refractivity contribution in [3.05, 3.63) is 86.6 Å². The lowest BCUT2D eigenvalue weighted by Crippen LogP contribution is -2.43. The minimum Gasteiger partial charge on any atom is -0.464 e. The molecule has 1 fully saturated rings. The number of thiazole rings is 1. The van der Waals surface area contributed by atoms with Crippen molar-refractivity contribution in [2.75, 3.05) is 19.7 Å². The van der Waals surface area contributed by atoms with Crippen LogP contribution in [0.5, 0.6) is 0 Å². The number of carbonyl (C=O) groups is 3. The first-order chi connectivity index (χ1) is 17.9. The second-order valence-electron chi connectivity index (χ2n) is 8.70. The quantitative estimate of drug-likeness (QED) is 0.410. The Hall–Kier alpha value is -3.30. The highest BCUT2D eigenvalue weighted by molar-refractivity contribution is 7.09. The van der Waals surface area contributed by atoms with Gasteiger partial charge in [0.1, 0.15) is 17.6 Å². The zero-order valence-electron chi connectivity index (χ0n) is 20.3. The minimum atomic E-state index is -0.834. The Morgan fingerprint density at radius 3 is 2.57 bits per heavy atom. The van der Waals surface area contributed by atoms with Crippen LogP contribution in [0.15, 0.2) is 53.9 Å². The average Bonchev–Trinajstić information content (AvgIpc) is 3.40. The van der Waals surface area contributed by atoms with Crippen molar-refractivity contribution in [1.82, 2.24) is 15.2 Å². The van der Waals surface area contributed by atoms with Gasteiger partial charge in [0.05, 0.1) is 22.2 Å². The standard InChI is InChI=1S/C27H27ClFN3O4S/c1-2-36-27(35)21(15-17-7-4-3-5-8-17)30-24(33)22-16-37-25(31-22)18-11-13-32(14-12-18)26(34)23-19(28)9-6-10-20(23)29/h3-10,16,18,21H,2,11-15H2,1H3,(H,30,33). The Bertz CT molecular complexity index is 1240. The summed E-state index contributed by atoms with van der Waals surface area (Å²) >= 11 is 7.43. The largest absolute Gasteiger partial charge is 0.464 e. The minimum absolute atomic E-state index is 0.0665. The highest BCUT2D eigenvalue weighted by Crippen LogP contribution is 2.32. The van der Waals surface area contributed by atoms with Crippen molar-refractivity contribution < 1.29 is 23.5 Å². The number of hydrogen-bond donors (Lipinski definition) is 1. The third kappa shape index (κ3) is 6.53. The van der Waals surface area contributed by atoms with E-state index in [1.165, 1.54) is 29.5 Å². The molecule has 2 heterocycles. The van der Waals surface area contributed by atoms with Crippen molar-refractivity contribution in [3.8, 4) is 0 Å². The molecule has 1 unspecified atom stereocenters. The molecule has 1 N–H and O–H groups in total. The van der Waals surface area contributed by atoms with Gasteiger partial charge in [0, 0.05) is 30.8 Å². The van der Waals surface area contributed by atoms with Crippen LogP contribution >= 0.6 is 22.9 Å². The van der Waals surface area contributed by atoms with Gasteiger partial charge in [0.2, 0.25) is 0 Å². The van der Waals surface area contributed by atoms with Gasteiger partial charge in [0.25, 0.3) is 11.8 Å². The van der Waals surface area contributed by atoms with E-state index in [1.807, 2.05) is 30.3 Å². The zero-order valence-corrected chi connectivity index (χ0v) is 21.9. The number of aromatic nitrogens is 1. The van der Waals surface area contributed by atoms with Crippen molar-refractivity contribution in [2.45, 2.75) is 38.1 Å². The number of nitrogens with one attached hydrogen (secondary N) is 1.